The molecule has 1 saturated heterocycles. The van der Waals surface area contributed by atoms with Crippen LogP contribution in [-0.2, 0) is 22.6 Å². The predicted molar refractivity (Wildman–Crippen MR) is 87.6 cm³/mol. The molecule has 1 fully saturated rings. The van der Waals surface area contributed by atoms with Crippen LogP contribution >= 0.6 is 0 Å². The summed E-state index contributed by atoms with van der Waals surface area (Å²) in [6, 6.07) is 20.9. The molecule has 3 heteroatoms. The fourth-order valence-electron chi connectivity index (χ4n) is 2.75. The molecule has 0 N–H and O–H groups in total. The Hall–Kier alpha value is -1.68. The summed E-state index contributed by atoms with van der Waals surface area (Å²) in [5, 5.41) is 0. The minimum atomic E-state index is 0.168. The molecule has 1 heterocycles. The van der Waals surface area contributed by atoms with Crippen molar-refractivity contribution in [2.75, 3.05) is 26.3 Å². The molecule has 116 valence electrons. The summed E-state index contributed by atoms with van der Waals surface area (Å²) >= 11 is 0. The monoisotopic (exact) mass is 297 g/mol. The lowest BCUT2D eigenvalue weighted by molar-refractivity contribution is -0.0741. The van der Waals surface area contributed by atoms with Gasteiger partial charge in [-0.25, -0.2) is 0 Å². The van der Waals surface area contributed by atoms with Crippen molar-refractivity contribution < 1.29 is 9.47 Å². The fraction of sp³-hybridized carbons (Fsp3) is 0.368. The van der Waals surface area contributed by atoms with Crippen molar-refractivity contribution in [1.29, 1.82) is 0 Å². The molecule has 1 atom stereocenters. The van der Waals surface area contributed by atoms with Crippen LogP contribution in [0.2, 0.25) is 0 Å². The summed E-state index contributed by atoms with van der Waals surface area (Å²) < 4.78 is 11.6. The number of ether oxygens (including phenoxy) is 2. The maximum atomic E-state index is 5.82. The summed E-state index contributed by atoms with van der Waals surface area (Å²) in [7, 11) is 0. The number of nitrogens with zero attached hydrogens (tertiary/aromatic N) is 1. The van der Waals surface area contributed by atoms with E-state index in [9.17, 15) is 0 Å². The first-order valence-corrected chi connectivity index (χ1v) is 7.90. The molecule has 22 heavy (non-hydrogen) atoms. The zero-order chi connectivity index (χ0) is 15.0. The van der Waals surface area contributed by atoms with Crippen molar-refractivity contribution in [1.82, 2.24) is 4.90 Å². The Labute approximate surface area is 132 Å². The van der Waals surface area contributed by atoms with Crippen LogP contribution in [0.25, 0.3) is 0 Å². The second kappa shape index (κ2) is 8.08. The zero-order valence-corrected chi connectivity index (χ0v) is 12.9. The van der Waals surface area contributed by atoms with Gasteiger partial charge in [0.15, 0.2) is 0 Å². The van der Waals surface area contributed by atoms with E-state index in [0.29, 0.717) is 13.2 Å². The summed E-state index contributed by atoms with van der Waals surface area (Å²) in [5.74, 6) is 0. The van der Waals surface area contributed by atoms with Crippen molar-refractivity contribution in [3.8, 4) is 0 Å². The van der Waals surface area contributed by atoms with Gasteiger partial charge in [0.2, 0.25) is 0 Å². The van der Waals surface area contributed by atoms with Gasteiger partial charge in [-0.05, 0) is 11.1 Å². The van der Waals surface area contributed by atoms with Gasteiger partial charge in [-0.3, -0.25) is 4.90 Å². The maximum absolute atomic E-state index is 5.82. The number of benzene rings is 2. The number of morpholine rings is 1. The number of rotatable bonds is 6. The van der Waals surface area contributed by atoms with Crippen molar-refractivity contribution in [3.63, 3.8) is 0 Å². The van der Waals surface area contributed by atoms with Gasteiger partial charge in [-0.15, -0.1) is 0 Å². The third kappa shape index (κ3) is 4.67. The summed E-state index contributed by atoms with van der Waals surface area (Å²) in [6.07, 6.45) is 0.168. The molecule has 0 saturated carbocycles. The van der Waals surface area contributed by atoms with E-state index in [0.717, 1.165) is 26.2 Å². The van der Waals surface area contributed by atoms with Gasteiger partial charge in [0, 0.05) is 19.6 Å². The first kappa shape index (κ1) is 15.2. The van der Waals surface area contributed by atoms with Crippen LogP contribution in [0.4, 0.5) is 0 Å². The lowest BCUT2D eigenvalue weighted by atomic mass is 10.2. The molecule has 0 spiro atoms. The zero-order valence-electron chi connectivity index (χ0n) is 12.9. The van der Waals surface area contributed by atoms with Crippen LogP contribution in [0.5, 0.6) is 0 Å². The molecule has 3 rings (SSSR count). The van der Waals surface area contributed by atoms with E-state index < -0.39 is 0 Å². The van der Waals surface area contributed by atoms with E-state index in [2.05, 4.69) is 47.4 Å². The molecule has 0 amide bonds. The van der Waals surface area contributed by atoms with Crippen LogP contribution in [0.15, 0.2) is 60.7 Å². The van der Waals surface area contributed by atoms with E-state index in [1.54, 1.807) is 0 Å². The standard InChI is InChI=1S/C19H23NO2/c1-3-7-17(8-4-1)13-20-11-12-22-19(14-20)16-21-15-18-9-5-2-6-10-18/h1-10,19H,11-16H2/t19-/m0/s1. The molecule has 2 aromatic carbocycles. The summed E-state index contributed by atoms with van der Waals surface area (Å²) in [6.45, 7) is 5.00. The minimum absolute atomic E-state index is 0.168. The van der Waals surface area contributed by atoms with E-state index in [1.165, 1.54) is 11.1 Å². The van der Waals surface area contributed by atoms with Crippen molar-refractivity contribution in [3.05, 3.63) is 71.8 Å². The Morgan fingerprint density at radius 2 is 1.64 bits per heavy atom. The van der Waals surface area contributed by atoms with E-state index >= 15 is 0 Å². The van der Waals surface area contributed by atoms with Gasteiger partial charge in [0.1, 0.15) is 0 Å². The lowest BCUT2D eigenvalue weighted by Crippen LogP contribution is -2.43. The predicted octanol–water partition coefficient (Wildman–Crippen LogP) is 3.10. The smallest absolute Gasteiger partial charge is 0.0935 e. The van der Waals surface area contributed by atoms with Crippen LogP contribution in [0.1, 0.15) is 11.1 Å². The van der Waals surface area contributed by atoms with E-state index in [4.69, 9.17) is 9.47 Å². The van der Waals surface area contributed by atoms with Gasteiger partial charge in [0.05, 0.1) is 25.9 Å². The summed E-state index contributed by atoms with van der Waals surface area (Å²) in [5.41, 5.74) is 2.56. The Balaban J connectivity index is 1.42. The number of hydrogen-bond acceptors (Lipinski definition) is 3. The third-order valence-corrected chi connectivity index (χ3v) is 3.89. The van der Waals surface area contributed by atoms with Crippen LogP contribution < -0.4 is 0 Å². The van der Waals surface area contributed by atoms with Crippen LogP contribution in [0, 0.1) is 0 Å². The van der Waals surface area contributed by atoms with Crippen LogP contribution in [0.3, 0.4) is 0 Å². The lowest BCUT2D eigenvalue weighted by Gasteiger charge is -2.32. The summed E-state index contributed by atoms with van der Waals surface area (Å²) in [4.78, 5) is 2.44. The van der Waals surface area contributed by atoms with Gasteiger partial charge < -0.3 is 9.47 Å². The van der Waals surface area contributed by atoms with Gasteiger partial charge in [0.25, 0.3) is 0 Å². The molecular formula is C19H23NO2. The maximum Gasteiger partial charge on any atom is 0.0935 e. The highest BCUT2D eigenvalue weighted by molar-refractivity contribution is 5.14. The molecule has 1 aliphatic heterocycles. The van der Waals surface area contributed by atoms with Gasteiger partial charge in [-0.2, -0.15) is 0 Å². The quantitative estimate of drug-likeness (QED) is 0.818. The largest absolute Gasteiger partial charge is 0.374 e. The molecular weight excluding hydrogens is 274 g/mol. The first-order valence-electron chi connectivity index (χ1n) is 7.90. The molecule has 0 bridgehead atoms. The molecule has 0 aromatic heterocycles. The molecule has 0 aliphatic carbocycles. The normalized spacial score (nSPS) is 19.2. The van der Waals surface area contributed by atoms with Crippen molar-refractivity contribution >= 4 is 0 Å². The SMILES string of the molecule is c1ccc(COC[C@@H]2CN(Cc3ccccc3)CCO2)cc1. The fourth-order valence-corrected chi connectivity index (χ4v) is 2.75. The minimum Gasteiger partial charge on any atom is -0.374 e. The highest BCUT2D eigenvalue weighted by atomic mass is 16.5. The Morgan fingerprint density at radius 3 is 2.36 bits per heavy atom. The molecule has 0 unspecified atom stereocenters. The first-order chi connectivity index (χ1) is 10.9. The third-order valence-electron chi connectivity index (χ3n) is 3.89. The average molecular weight is 297 g/mol. The highest BCUT2D eigenvalue weighted by Gasteiger charge is 2.20. The van der Waals surface area contributed by atoms with Crippen molar-refractivity contribution in [2.24, 2.45) is 0 Å². The second-order valence-corrected chi connectivity index (χ2v) is 5.71. The van der Waals surface area contributed by atoms with E-state index in [-0.39, 0.29) is 6.10 Å². The average Bonchev–Trinajstić information content (AvgIpc) is 2.57. The van der Waals surface area contributed by atoms with E-state index in [1.807, 2.05) is 18.2 Å². The second-order valence-electron chi connectivity index (χ2n) is 5.71. The molecule has 0 radical (unpaired) electrons. The Bertz CT molecular complexity index is 544. The number of hydrogen-bond donors (Lipinski definition) is 0. The van der Waals surface area contributed by atoms with Gasteiger partial charge in [-0.1, -0.05) is 60.7 Å². The Morgan fingerprint density at radius 1 is 0.955 bits per heavy atom. The molecule has 1 aliphatic rings. The van der Waals surface area contributed by atoms with Crippen LogP contribution in [-0.4, -0.2) is 37.3 Å². The van der Waals surface area contributed by atoms with Gasteiger partial charge >= 0.3 is 0 Å². The van der Waals surface area contributed by atoms with Crippen molar-refractivity contribution in [2.45, 2.75) is 19.3 Å². The molecule has 2 aromatic rings. The topological polar surface area (TPSA) is 21.7 Å². The highest BCUT2D eigenvalue weighted by Crippen LogP contribution is 2.11. The molecule has 3 nitrogen and oxygen atoms in total. The Kier molecular flexibility index (Phi) is 5.59.